The SMILES string of the molecule is Cc1cccc(COc2c(Br)cc(C=Nn3c(-c4cc5ccccc5o4)nc4ccccc4c3=O)cc2Br)c1. The number of aryl methyl sites for hydroxylation is 1. The van der Waals surface area contributed by atoms with E-state index in [0.29, 0.717) is 40.4 Å². The Balaban J connectivity index is 1.37. The molecule has 0 aliphatic carbocycles. The molecule has 0 fully saturated rings. The van der Waals surface area contributed by atoms with Crippen molar-refractivity contribution in [1.82, 2.24) is 9.66 Å². The average molecular weight is 643 g/mol. The van der Waals surface area contributed by atoms with E-state index in [1.54, 1.807) is 18.3 Å². The maximum absolute atomic E-state index is 13.5. The Labute approximate surface area is 240 Å². The van der Waals surface area contributed by atoms with E-state index in [9.17, 15) is 4.79 Å². The first kappa shape index (κ1) is 25.3. The van der Waals surface area contributed by atoms with Crippen molar-refractivity contribution in [3.8, 4) is 17.3 Å². The predicted octanol–water partition coefficient (Wildman–Crippen LogP) is 8.10. The van der Waals surface area contributed by atoms with Crippen molar-refractivity contribution in [3.63, 3.8) is 0 Å². The van der Waals surface area contributed by atoms with Gasteiger partial charge in [-0.15, -0.1) is 0 Å². The molecule has 6 nitrogen and oxygen atoms in total. The van der Waals surface area contributed by atoms with Crippen molar-refractivity contribution in [2.24, 2.45) is 5.10 Å². The smallest absolute Gasteiger partial charge is 0.282 e. The molecule has 8 heteroatoms. The van der Waals surface area contributed by atoms with Crippen LogP contribution in [0.15, 0.2) is 114 Å². The van der Waals surface area contributed by atoms with E-state index >= 15 is 0 Å². The van der Waals surface area contributed by atoms with Crippen LogP contribution in [-0.4, -0.2) is 15.9 Å². The van der Waals surface area contributed by atoms with E-state index in [-0.39, 0.29) is 5.56 Å². The van der Waals surface area contributed by atoms with Crippen molar-refractivity contribution in [2.75, 3.05) is 0 Å². The van der Waals surface area contributed by atoms with Crippen LogP contribution < -0.4 is 10.3 Å². The van der Waals surface area contributed by atoms with Crippen LogP contribution in [0.4, 0.5) is 0 Å². The number of aromatic nitrogens is 2. The molecule has 192 valence electrons. The zero-order valence-corrected chi connectivity index (χ0v) is 23.9. The summed E-state index contributed by atoms with van der Waals surface area (Å²) in [6.07, 6.45) is 1.61. The van der Waals surface area contributed by atoms with Gasteiger partial charge in [0.25, 0.3) is 5.56 Å². The lowest BCUT2D eigenvalue weighted by Gasteiger charge is -2.12. The van der Waals surface area contributed by atoms with Crippen LogP contribution in [-0.2, 0) is 6.61 Å². The average Bonchev–Trinajstić information content (AvgIpc) is 3.36. The molecular weight excluding hydrogens is 622 g/mol. The highest BCUT2D eigenvalue weighted by Crippen LogP contribution is 2.35. The second-order valence-corrected chi connectivity index (χ2v) is 10.8. The third-order valence-corrected chi connectivity index (χ3v) is 7.39. The number of para-hydroxylation sites is 2. The van der Waals surface area contributed by atoms with Gasteiger partial charge in [-0.05, 0) is 86.3 Å². The van der Waals surface area contributed by atoms with Crippen LogP contribution in [0.3, 0.4) is 0 Å². The molecule has 0 N–H and O–H groups in total. The van der Waals surface area contributed by atoms with Gasteiger partial charge < -0.3 is 9.15 Å². The topological polar surface area (TPSA) is 69.6 Å². The number of nitrogens with zero attached hydrogens (tertiary/aromatic N) is 3. The number of ether oxygens (including phenoxy) is 1. The third kappa shape index (κ3) is 5.17. The number of furan rings is 1. The zero-order valence-electron chi connectivity index (χ0n) is 20.8. The van der Waals surface area contributed by atoms with Gasteiger partial charge in [-0.1, -0.05) is 60.2 Å². The van der Waals surface area contributed by atoms with Gasteiger partial charge in [0.1, 0.15) is 17.9 Å². The maximum atomic E-state index is 13.5. The second-order valence-electron chi connectivity index (χ2n) is 9.05. The van der Waals surface area contributed by atoms with E-state index in [1.807, 2.05) is 66.7 Å². The van der Waals surface area contributed by atoms with Crippen LogP contribution >= 0.6 is 31.9 Å². The van der Waals surface area contributed by atoms with Crippen molar-refractivity contribution >= 4 is 59.9 Å². The summed E-state index contributed by atoms with van der Waals surface area (Å²) in [6, 6.07) is 28.7. The molecule has 0 amide bonds. The normalized spacial score (nSPS) is 11.6. The standard InChI is InChI=1S/C31H21Br2N3O3/c1-19-7-6-8-20(13-19)18-38-29-24(32)14-21(15-25(29)33)17-34-36-30(28-16-22-9-2-5-12-27(22)39-28)35-26-11-4-3-10-23(26)31(36)37/h2-17H,18H2,1H3. The van der Waals surface area contributed by atoms with E-state index in [1.165, 1.54) is 10.2 Å². The zero-order chi connectivity index (χ0) is 26.9. The molecule has 0 bridgehead atoms. The van der Waals surface area contributed by atoms with Crippen molar-refractivity contribution in [3.05, 3.63) is 127 Å². The first-order valence-corrected chi connectivity index (χ1v) is 13.8. The Bertz CT molecular complexity index is 1890. The Kier molecular flexibility index (Phi) is 6.89. The summed E-state index contributed by atoms with van der Waals surface area (Å²) in [5, 5.41) is 5.95. The van der Waals surface area contributed by atoms with Gasteiger partial charge in [0.05, 0.1) is 26.1 Å². The summed E-state index contributed by atoms with van der Waals surface area (Å²) < 4.78 is 14.9. The number of halogens is 2. The maximum Gasteiger partial charge on any atom is 0.282 e. The molecule has 0 radical (unpaired) electrons. The molecule has 39 heavy (non-hydrogen) atoms. The summed E-state index contributed by atoms with van der Waals surface area (Å²) in [5.41, 5.74) is 4.02. The van der Waals surface area contributed by atoms with Gasteiger partial charge in [-0.25, -0.2) is 4.98 Å². The highest BCUT2D eigenvalue weighted by molar-refractivity contribution is 9.11. The molecule has 2 heterocycles. The number of rotatable bonds is 6. The molecule has 0 saturated carbocycles. The predicted molar refractivity (Wildman–Crippen MR) is 162 cm³/mol. The first-order valence-electron chi connectivity index (χ1n) is 12.2. The van der Waals surface area contributed by atoms with E-state index in [0.717, 1.165) is 25.5 Å². The lowest BCUT2D eigenvalue weighted by molar-refractivity contribution is 0.302. The highest BCUT2D eigenvalue weighted by atomic mass is 79.9. The third-order valence-electron chi connectivity index (χ3n) is 6.21. The van der Waals surface area contributed by atoms with Crippen LogP contribution in [0.25, 0.3) is 33.5 Å². The van der Waals surface area contributed by atoms with Crippen molar-refractivity contribution in [1.29, 1.82) is 0 Å². The van der Waals surface area contributed by atoms with Crippen molar-refractivity contribution in [2.45, 2.75) is 13.5 Å². The Morgan fingerprint density at radius 3 is 2.51 bits per heavy atom. The van der Waals surface area contributed by atoms with E-state index in [2.05, 4.69) is 56.0 Å². The molecule has 0 aliphatic rings. The molecule has 0 atom stereocenters. The summed E-state index contributed by atoms with van der Waals surface area (Å²) in [7, 11) is 0. The molecule has 0 aliphatic heterocycles. The molecule has 6 rings (SSSR count). The summed E-state index contributed by atoms with van der Waals surface area (Å²) in [4.78, 5) is 18.3. The molecule has 0 unspecified atom stereocenters. The first-order chi connectivity index (χ1) is 19.0. The minimum absolute atomic E-state index is 0.288. The van der Waals surface area contributed by atoms with E-state index < -0.39 is 0 Å². The molecule has 0 saturated heterocycles. The fourth-order valence-corrected chi connectivity index (χ4v) is 5.81. The van der Waals surface area contributed by atoms with Gasteiger partial charge >= 0.3 is 0 Å². The molecule has 0 spiro atoms. The fourth-order valence-electron chi connectivity index (χ4n) is 4.36. The minimum Gasteiger partial charge on any atom is -0.487 e. The van der Waals surface area contributed by atoms with Gasteiger partial charge in [0.15, 0.2) is 5.76 Å². The van der Waals surface area contributed by atoms with Gasteiger partial charge in [0, 0.05) is 5.39 Å². The summed E-state index contributed by atoms with van der Waals surface area (Å²) in [6.45, 7) is 2.49. The minimum atomic E-state index is -0.288. The molecular formula is C31H21Br2N3O3. The second kappa shape index (κ2) is 10.6. The fraction of sp³-hybridized carbons (Fsp3) is 0.0645. The van der Waals surface area contributed by atoms with Crippen LogP contribution in [0.5, 0.6) is 5.75 Å². The molecule has 4 aromatic carbocycles. The van der Waals surface area contributed by atoms with Crippen LogP contribution in [0, 0.1) is 6.92 Å². The van der Waals surface area contributed by atoms with Gasteiger partial charge in [-0.3, -0.25) is 4.79 Å². The molecule has 2 aromatic heterocycles. The van der Waals surface area contributed by atoms with Crippen LogP contribution in [0.2, 0.25) is 0 Å². The Hall–Kier alpha value is -4.01. The van der Waals surface area contributed by atoms with Crippen LogP contribution in [0.1, 0.15) is 16.7 Å². The largest absolute Gasteiger partial charge is 0.487 e. The lowest BCUT2D eigenvalue weighted by Crippen LogP contribution is -2.20. The van der Waals surface area contributed by atoms with Crippen molar-refractivity contribution < 1.29 is 9.15 Å². The van der Waals surface area contributed by atoms with E-state index in [4.69, 9.17) is 14.1 Å². The van der Waals surface area contributed by atoms with Gasteiger partial charge in [0.2, 0.25) is 5.82 Å². The highest BCUT2D eigenvalue weighted by Gasteiger charge is 2.16. The number of hydrogen-bond donors (Lipinski definition) is 0. The number of hydrogen-bond acceptors (Lipinski definition) is 5. The number of benzene rings is 4. The summed E-state index contributed by atoms with van der Waals surface area (Å²) in [5.74, 6) is 1.46. The molecule has 6 aromatic rings. The Morgan fingerprint density at radius 2 is 1.72 bits per heavy atom. The monoisotopic (exact) mass is 641 g/mol. The number of fused-ring (bicyclic) bond motifs is 2. The quantitative estimate of drug-likeness (QED) is 0.172. The summed E-state index contributed by atoms with van der Waals surface area (Å²) >= 11 is 7.23. The lowest BCUT2D eigenvalue weighted by atomic mass is 10.1. The van der Waals surface area contributed by atoms with Gasteiger partial charge in [-0.2, -0.15) is 9.78 Å². The Morgan fingerprint density at radius 1 is 0.949 bits per heavy atom.